The highest BCUT2D eigenvalue weighted by Crippen LogP contribution is 2.32. The Kier molecular flexibility index (Phi) is 3.23. The highest BCUT2D eigenvalue weighted by Gasteiger charge is 2.43. The molecule has 2 heterocycles. The average molecular weight is 297 g/mol. The standard InChI is InChI=1S/C12H15N3O4S/c16-15(17)10-1-3-11(4-2-10)20(18,19)14-6-5-9-7-13-8-12(9)14/h1-4,9,12-13H,5-8H2/t9-,12+/m0/s1. The van der Waals surface area contributed by atoms with Gasteiger partial charge < -0.3 is 5.32 Å². The smallest absolute Gasteiger partial charge is 0.269 e. The van der Waals surface area contributed by atoms with Gasteiger partial charge in [-0.2, -0.15) is 4.31 Å². The summed E-state index contributed by atoms with van der Waals surface area (Å²) in [5.74, 6) is 0.378. The molecule has 3 rings (SSSR count). The number of hydrogen-bond donors (Lipinski definition) is 1. The number of rotatable bonds is 3. The summed E-state index contributed by atoms with van der Waals surface area (Å²) in [4.78, 5) is 10.2. The van der Waals surface area contributed by atoms with E-state index >= 15 is 0 Å². The van der Waals surface area contributed by atoms with E-state index in [1.54, 1.807) is 0 Å². The third-order valence-electron chi connectivity index (χ3n) is 4.05. The normalized spacial score (nSPS) is 26.6. The molecule has 108 valence electrons. The fourth-order valence-electron chi connectivity index (χ4n) is 2.98. The first-order valence-electron chi connectivity index (χ1n) is 6.47. The number of fused-ring (bicyclic) bond motifs is 1. The third kappa shape index (κ3) is 2.09. The van der Waals surface area contributed by atoms with Crippen molar-refractivity contribution in [3.8, 4) is 0 Å². The zero-order valence-corrected chi connectivity index (χ0v) is 11.5. The van der Waals surface area contributed by atoms with Crippen LogP contribution in [0.4, 0.5) is 5.69 Å². The van der Waals surface area contributed by atoms with Gasteiger partial charge in [0.15, 0.2) is 0 Å². The number of sulfonamides is 1. The van der Waals surface area contributed by atoms with Crippen LogP contribution in [-0.2, 0) is 10.0 Å². The molecule has 2 saturated heterocycles. The molecule has 8 heteroatoms. The minimum atomic E-state index is -3.56. The van der Waals surface area contributed by atoms with E-state index in [0.29, 0.717) is 19.0 Å². The molecular weight excluding hydrogens is 282 g/mol. The number of benzene rings is 1. The number of nitro benzene ring substituents is 1. The van der Waals surface area contributed by atoms with Crippen molar-refractivity contribution in [1.29, 1.82) is 0 Å². The summed E-state index contributed by atoms with van der Waals surface area (Å²) >= 11 is 0. The zero-order chi connectivity index (χ0) is 14.3. The van der Waals surface area contributed by atoms with Crippen LogP contribution in [0.25, 0.3) is 0 Å². The van der Waals surface area contributed by atoms with Crippen LogP contribution in [0.1, 0.15) is 6.42 Å². The average Bonchev–Trinajstić information content (AvgIpc) is 3.00. The Labute approximate surface area is 116 Å². The molecule has 0 aliphatic carbocycles. The van der Waals surface area contributed by atoms with Crippen molar-refractivity contribution in [1.82, 2.24) is 9.62 Å². The van der Waals surface area contributed by atoms with Crippen molar-refractivity contribution in [2.24, 2.45) is 5.92 Å². The molecule has 0 aromatic heterocycles. The Balaban J connectivity index is 1.90. The Morgan fingerprint density at radius 2 is 1.95 bits per heavy atom. The fourth-order valence-corrected chi connectivity index (χ4v) is 4.68. The first kappa shape index (κ1) is 13.5. The highest BCUT2D eigenvalue weighted by atomic mass is 32.2. The lowest BCUT2D eigenvalue weighted by Gasteiger charge is -2.22. The largest absolute Gasteiger partial charge is 0.315 e. The van der Waals surface area contributed by atoms with Gasteiger partial charge in [-0.25, -0.2) is 8.42 Å². The fraction of sp³-hybridized carbons (Fsp3) is 0.500. The Bertz CT molecular complexity index is 629. The van der Waals surface area contributed by atoms with E-state index in [1.807, 2.05) is 0 Å². The molecule has 7 nitrogen and oxygen atoms in total. The topological polar surface area (TPSA) is 92.5 Å². The van der Waals surface area contributed by atoms with E-state index < -0.39 is 14.9 Å². The minimum absolute atomic E-state index is 0.00944. The Morgan fingerprint density at radius 3 is 2.60 bits per heavy atom. The van der Waals surface area contributed by atoms with E-state index in [4.69, 9.17) is 0 Å². The molecule has 0 spiro atoms. The maximum absolute atomic E-state index is 12.6. The number of hydrogen-bond acceptors (Lipinski definition) is 5. The van der Waals surface area contributed by atoms with Crippen molar-refractivity contribution in [2.75, 3.05) is 19.6 Å². The molecule has 20 heavy (non-hydrogen) atoms. The molecule has 2 aliphatic rings. The molecular formula is C12H15N3O4S. The lowest BCUT2D eigenvalue weighted by atomic mass is 10.1. The van der Waals surface area contributed by atoms with Crippen molar-refractivity contribution in [3.63, 3.8) is 0 Å². The molecule has 0 unspecified atom stereocenters. The van der Waals surface area contributed by atoms with E-state index in [-0.39, 0.29) is 16.6 Å². The van der Waals surface area contributed by atoms with Gasteiger partial charge in [0.2, 0.25) is 10.0 Å². The van der Waals surface area contributed by atoms with Gasteiger partial charge in [0, 0.05) is 31.3 Å². The predicted molar refractivity (Wildman–Crippen MR) is 71.8 cm³/mol. The van der Waals surface area contributed by atoms with Gasteiger partial charge in [-0.15, -0.1) is 0 Å². The van der Waals surface area contributed by atoms with Crippen molar-refractivity contribution < 1.29 is 13.3 Å². The minimum Gasteiger partial charge on any atom is -0.315 e. The first-order chi connectivity index (χ1) is 9.50. The van der Waals surface area contributed by atoms with E-state index in [1.165, 1.54) is 28.6 Å². The van der Waals surface area contributed by atoms with Crippen LogP contribution < -0.4 is 5.32 Å². The molecule has 1 aromatic carbocycles. The second-order valence-corrected chi connectivity index (χ2v) is 7.03. The highest BCUT2D eigenvalue weighted by molar-refractivity contribution is 7.89. The van der Waals surface area contributed by atoms with Crippen LogP contribution in [0.3, 0.4) is 0 Å². The third-order valence-corrected chi connectivity index (χ3v) is 5.99. The SMILES string of the molecule is O=[N+]([O-])c1ccc(S(=O)(=O)N2CC[C@H]3CNC[C@H]32)cc1. The Hall–Kier alpha value is -1.51. The number of nitrogens with one attached hydrogen (secondary N) is 1. The van der Waals surface area contributed by atoms with Gasteiger partial charge in [0.05, 0.1) is 9.82 Å². The summed E-state index contributed by atoms with van der Waals surface area (Å²) in [5.41, 5.74) is -0.106. The summed E-state index contributed by atoms with van der Waals surface area (Å²) in [6.07, 6.45) is 0.865. The van der Waals surface area contributed by atoms with Crippen molar-refractivity contribution >= 4 is 15.7 Å². The second-order valence-electron chi connectivity index (χ2n) is 5.14. The second kappa shape index (κ2) is 4.80. The van der Waals surface area contributed by atoms with E-state index in [9.17, 15) is 18.5 Å². The summed E-state index contributed by atoms with van der Waals surface area (Å²) in [7, 11) is -3.56. The molecule has 0 amide bonds. The van der Waals surface area contributed by atoms with Gasteiger partial charge in [-0.05, 0) is 31.0 Å². The van der Waals surface area contributed by atoms with Crippen molar-refractivity contribution in [2.45, 2.75) is 17.4 Å². The maximum atomic E-state index is 12.6. The molecule has 0 saturated carbocycles. The zero-order valence-electron chi connectivity index (χ0n) is 10.7. The molecule has 2 atom stereocenters. The molecule has 0 radical (unpaired) electrons. The summed E-state index contributed by atoms with van der Waals surface area (Å²) in [6, 6.07) is 5.09. The van der Waals surface area contributed by atoms with Gasteiger partial charge >= 0.3 is 0 Å². The summed E-state index contributed by atoms with van der Waals surface area (Å²) in [6.45, 7) is 2.06. The number of non-ortho nitro benzene ring substituents is 1. The van der Waals surface area contributed by atoms with Gasteiger partial charge in [-0.3, -0.25) is 10.1 Å². The first-order valence-corrected chi connectivity index (χ1v) is 7.91. The van der Waals surface area contributed by atoms with Crippen LogP contribution in [0.15, 0.2) is 29.2 Å². The number of nitro groups is 1. The molecule has 2 aliphatic heterocycles. The molecule has 1 aromatic rings. The molecule has 0 bridgehead atoms. The quantitative estimate of drug-likeness (QED) is 0.650. The predicted octanol–water partition coefficient (Wildman–Crippen LogP) is 0.577. The van der Waals surface area contributed by atoms with E-state index in [0.717, 1.165) is 13.0 Å². The summed E-state index contributed by atoms with van der Waals surface area (Å²) in [5, 5.41) is 13.8. The van der Waals surface area contributed by atoms with Gasteiger partial charge in [0.25, 0.3) is 5.69 Å². The molecule has 1 N–H and O–H groups in total. The lowest BCUT2D eigenvalue weighted by molar-refractivity contribution is -0.384. The van der Waals surface area contributed by atoms with Crippen molar-refractivity contribution in [3.05, 3.63) is 34.4 Å². The van der Waals surface area contributed by atoms with Crippen LogP contribution in [-0.4, -0.2) is 43.3 Å². The van der Waals surface area contributed by atoms with E-state index in [2.05, 4.69) is 5.32 Å². The van der Waals surface area contributed by atoms with Gasteiger partial charge in [0.1, 0.15) is 0 Å². The van der Waals surface area contributed by atoms with Crippen LogP contribution >= 0.6 is 0 Å². The molecule has 2 fully saturated rings. The van der Waals surface area contributed by atoms with Crippen LogP contribution in [0.5, 0.6) is 0 Å². The monoisotopic (exact) mass is 297 g/mol. The van der Waals surface area contributed by atoms with Crippen LogP contribution in [0.2, 0.25) is 0 Å². The lowest BCUT2D eigenvalue weighted by Crippen LogP contribution is -2.38. The van der Waals surface area contributed by atoms with Crippen LogP contribution in [0, 0.1) is 16.0 Å². The Morgan fingerprint density at radius 1 is 1.25 bits per heavy atom. The van der Waals surface area contributed by atoms with Gasteiger partial charge in [-0.1, -0.05) is 0 Å². The maximum Gasteiger partial charge on any atom is 0.269 e. The summed E-state index contributed by atoms with van der Waals surface area (Å²) < 4.78 is 26.7. The number of nitrogens with zero attached hydrogens (tertiary/aromatic N) is 2.